The first-order chi connectivity index (χ1) is 19.7. The molecule has 41 heavy (non-hydrogen) atoms. The fourth-order valence-corrected chi connectivity index (χ4v) is 5.46. The van der Waals surface area contributed by atoms with E-state index in [0.29, 0.717) is 38.4 Å². The molecule has 3 amide bonds. The third-order valence-corrected chi connectivity index (χ3v) is 8.05. The van der Waals surface area contributed by atoms with E-state index in [9.17, 15) is 19.2 Å². The molecule has 0 aromatic heterocycles. The number of benzene rings is 1. The minimum atomic E-state index is -0.989. The summed E-state index contributed by atoms with van der Waals surface area (Å²) in [5, 5.41) is 5.46. The Morgan fingerprint density at radius 1 is 1.15 bits per heavy atom. The van der Waals surface area contributed by atoms with Gasteiger partial charge in [0.1, 0.15) is 17.7 Å². The molecule has 1 aliphatic carbocycles. The molecule has 3 N–H and O–H groups in total. The highest BCUT2D eigenvalue weighted by atomic mass is 16.7. The maximum Gasteiger partial charge on any atom is 0.410 e. The Balaban J connectivity index is 1.34. The predicted molar refractivity (Wildman–Crippen MR) is 149 cm³/mol. The number of carbonyl (C=O) groups excluding carboxylic acids is 4. The van der Waals surface area contributed by atoms with Crippen molar-refractivity contribution in [2.45, 2.75) is 95.0 Å². The van der Waals surface area contributed by atoms with Crippen molar-refractivity contribution in [2.75, 3.05) is 19.8 Å². The van der Waals surface area contributed by atoms with Crippen molar-refractivity contribution in [1.82, 2.24) is 21.0 Å². The van der Waals surface area contributed by atoms with Crippen molar-refractivity contribution in [3.8, 4) is 0 Å². The van der Waals surface area contributed by atoms with Gasteiger partial charge in [0.2, 0.25) is 11.7 Å². The average molecular weight is 569 g/mol. The Morgan fingerprint density at radius 3 is 2.54 bits per heavy atom. The van der Waals surface area contributed by atoms with E-state index in [0.717, 1.165) is 24.1 Å². The molecule has 3 aliphatic heterocycles. The molecule has 4 atom stereocenters. The van der Waals surface area contributed by atoms with E-state index in [-0.39, 0.29) is 19.0 Å². The van der Waals surface area contributed by atoms with Gasteiger partial charge in [-0.2, -0.15) is 0 Å². The number of nitrogens with one attached hydrogen (secondary N) is 3. The summed E-state index contributed by atoms with van der Waals surface area (Å²) in [6, 6.07) is 6.22. The van der Waals surface area contributed by atoms with Gasteiger partial charge in [0.25, 0.3) is 5.91 Å². The van der Waals surface area contributed by atoms with E-state index in [1.807, 2.05) is 25.1 Å². The van der Waals surface area contributed by atoms with Crippen molar-refractivity contribution >= 4 is 29.4 Å². The molecule has 1 spiro atoms. The standard InChI is InChI=1S/C30H40N4O7/c1-4-5-23(26(35)28(37)31-21-10-11-21)32-27(36)25-15-30(17-34(25)29(38)40-22-12-13-39-16-22)14-24(33-41-30)20-8-6-19(7-9-20)18(2)3/h6-9,14,18,21-23,25,33H,4-5,10-13,15-17H2,1-3H3,(H,31,37)(H,32,36)/t22-,23-,25-,30+/m0/s1. The second kappa shape index (κ2) is 12.2. The van der Waals surface area contributed by atoms with Crippen LogP contribution in [0.2, 0.25) is 0 Å². The minimum Gasteiger partial charge on any atom is -0.444 e. The first-order valence-corrected chi connectivity index (χ1v) is 14.7. The van der Waals surface area contributed by atoms with Crippen LogP contribution in [0.5, 0.6) is 0 Å². The van der Waals surface area contributed by atoms with Gasteiger partial charge in [-0.05, 0) is 42.4 Å². The number of nitrogens with zero attached hydrogens (tertiary/aromatic N) is 1. The number of amides is 3. The number of ketones is 1. The van der Waals surface area contributed by atoms with Crippen LogP contribution in [0.25, 0.3) is 5.70 Å². The van der Waals surface area contributed by atoms with Crippen LogP contribution in [-0.2, 0) is 28.7 Å². The lowest BCUT2D eigenvalue weighted by Gasteiger charge is -2.26. The molecule has 0 radical (unpaired) electrons. The number of hydrogen-bond donors (Lipinski definition) is 3. The molecule has 5 rings (SSSR count). The highest BCUT2D eigenvalue weighted by molar-refractivity contribution is 6.38. The molecule has 1 saturated carbocycles. The van der Waals surface area contributed by atoms with Crippen LogP contribution < -0.4 is 16.1 Å². The van der Waals surface area contributed by atoms with Crippen LogP contribution in [0.3, 0.4) is 0 Å². The predicted octanol–water partition coefficient (Wildman–Crippen LogP) is 2.56. The molecule has 4 aliphatic rings. The molecule has 0 unspecified atom stereocenters. The zero-order valence-corrected chi connectivity index (χ0v) is 23.9. The van der Waals surface area contributed by atoms with Crippen LogP contribution in [0.4, 0.5) is 4.79 Å². The summed E-state index contributed by atoms with van der Waals surface area (Å²) in [5.41, 5.74) is 4.89. The molecule has 3 fully saturated rings. The zero-order valence-electron chi connectivity index (χ0n) is 23.9. The third kappa shape index (κ3) is 6.73. The van der Waals surface area contributed by atoms with E-state index in [2.05, 4.69) is 42.1 Å². The molecular weight excluding hydrogens is 528 g/mol. The normalized spacial score (nSPS) is 26.0. The molecule has 11 heteroatoms. The minimum absolute atomic E-state index is 0.0264. The first kappa shape index (κ1) is 29.1. The molecule has 3 heterocycles. The topological polar surface area (TPSA) is 135 Å². The summed E-state index contributed by atoms with van der Waals surface area (Å²) < 4.78 is 11.0. The lowest BCUT2D eigenvalue weighted by Crippen LogP contribution is -2.53. The summed E-state index contributed by atoms with van der Waals surface area (Å²) in [5.74, 6) is -1.49. The molecule has 11 nitrogen and oxygen atoms in total. The Hall–Kier alpha value is -3.44. The first-order valence-electron chi connectivity index (χ1n) is 14.7. The second-order valence-electron chi connectivity index (χ2n) is 11.8. The van der Waals surface area contributed by atoms with Crippen molar-refractivity contribution in [2.24, 2.45) is 0 Å². The lowest BCUT2D eigenvalue weighted by atomic mass is 9.96. The molecular formula is C30H40N4O7. The summed E-state index contributed by atoms with van der Waals surface area (Å²) in [4.78, 5) is 59.8. The Bertz CT molecular complexity index is 1190. The van der Waals surface area contributed by atoms with Crippen LogP contribution in [0.15, 0.2) is 30.3 Å². The zero-order chi connectivity index (χ0) is 29.1. The van der Waals surface area contributed by atoms with Gasteiger partial charge in [-0.15, -0.1) is 0 Å². The van der Waals surface area contributed by atoms with Crippen molar-refractivity contribution in [1.29, 1.82) is 0 Å². The van der Waals surface area contributed by atoms with Crippen molar-refractivity contribution < 1.29 is 33.5 Å². The summed E-state index contributed by atoms with van der Waals surface area (Å²) in [7, 11) is 0. The van der Waals surface area contributed by atoms with Crippen molar-refractivity contribution in [3.63, 3.8) is 0 Å². The van der Waals surface area contributed by atoms with E-state index >= 15 is 0 Å². The van der Waals surface area contributed by atoms with Gasteiger partial charge in [-0.25, -0.2) is 4.79 Å². The highest BCUT2D eigenvalue weighted by Crippen LogP contribution is 2.38. The molecule has 1 aromatic rings. The second-order valence-corrected chi connectivity index (χ2v) is 11.8. The summed E-state index contributed by atoms with van der Waals surface area (Å²) in [6.45, 7) is 7.03. The van der Waals surface area contributed by atoms with Gasteiger partial charge in [0.15, 0.2) is 0 Å². The Labute approximate surface area is 240 Å². The quantitative estimate of drug-likeness (QED) is 0.367. The van der Waals surface area contributed by atoms with Gasteiger partial charge in [-0.1, -0.05) is 51.5 Å². The highest BCUT2D eigenvalue weighted by Gasteiger charge is 2.53. The molecule has 0 bridgehead atoms. The molecule has 222 valence electrons. The molecule has 2 saturated heterocycles. The maximum absolute atomic E-state index is 13.7. The number of carbonyl (C=O) groups is 4. The van der Waals surface area contributed by atoms with Crippen molar-refractivity contribution in [3.05, 3.63) is 41.5 Å². The number of ether oxygens (including phenoxy) is 2. The van der Waals surface area contributed by atoms with E-state index in [1.165, 1.54) is 10.5 Å². The van der Waals surface area contributed by atoms with E-state index < -0.39 is 47.5 Å². The lowest BCUT2D eigenvalue weighted by molar-refractivity contribution is -0.140. The Kier molecular flexibility index (Phi) is 8.65. The van der Waals surface area contributed by atoms with Crippen LogP contribution in [-0.4, -0.2) is 78.2 Å². The van der Waals surface area contributed by atoms with Crippen LogP contribution in [0, 0.1) is 0 Å². The number of hydrogen-bond acceptors (Lipinski definition) is 8. The van der Waals surface area contributed by atoms with Crippen LogP contribution in [0.1, 0.15) is 76.3 Å². The van der Waals surface area contributed by atoms with Gasteiger partial charge < -0.3 is 20.1 Å². The Morgan fingerprint density at radius 2 is 1.90 bits per heavy atom. The fourth-order valence-electron chi connectivity index (χ4n) is 5.46. The van der Waals surface area contributed by atoms with Crippen LogP contribution >= 0.6 is 0 Å². The van der Waals surface area contributed by atoms with E-state index in [1.54, 1.807) is 0 Å². The SMILES string of the molecule is CCC[C@H](NC(=O)[C@@H]1C[C@]2(C=C(c3ccc(C(C)C)cc3)NO2)CN1C(=O)O[C@H]1CCOC1)C(=O)C(=O)NC1CC1. The van der Waals surface area contributed by atoms with Gasteiger partial charge in [0.05, 0.1) is 31.5 Å². The third-order valence-electron chi connectivity index (χ3n) is 8.05. The largest absolute Gasteiger partial charge is 0.444 e. The average Bonchev–Trinajstić information content (AvgIpc) is 3.31. The van der Waals surface area contributed by atoms with Gasteiger partial charge in [-0.3, -0.25) is 29.6 Å². The molecule has 1 aromatic carbocycles. The number of rotatable bonds is 10. The number of hydroxylamine groups is 1. The summed E-state index contributed by atoms with van der Waals surface area (Å²) in [6.07, 6.45) is 4.19. The fraction of sp³-hybridized carbons (Fsp3) is 0.600. The number of likely N-dealkylation sites (tertiary alicyclic amines) is 1. The smallest absolute Gasteiger partial charge is 0.410 e. The van der Waals surface area contributed by atoms with Gasteiger partial charge in [0, 0.05) is 18.9 Å². The summed E-state index contributed by atoms with van der Waals surface area (Å²) >= 11 is 0. The maximum atomic E-state index is 13.7. The number of Topliss-reactive ketones (excluding diaryl/α,β-unsaturated/α-hetero) is 1. The van der Waals surface area contributed by atoms with E-state index in [4.69, 9.17) is 14.3 Å². The van der Waals surface area contributed by atoms with Gasteiger partial charge >= 0.3 is 6.09 Å². The monoisotopic (exact) mass is 568 g/mol.